The van der Waals surface area contributed by atoms with Crippen LogP contribution in [-0.2, 0) is 7.05 Å². The Hall–Kier alpha value is -2.67. The topological polar surface area (TPSA) is 78.0 Å². The zero-order valence-electron chi connectivity index (χ0n) is 11.6. The van der Waals surface area contributed by atoms with Gasteiger partial charge in [0.2, 0.25) is 5.12 Å². The number of benzene rings is 2. The van der Waals surface area contributed by atoms with E-state index >= 15 is 0 Å². The Morgan fingerprint density at radius 2 is 2.00 bits per heavy atom. The van der Waals surface area contributed by atoms with Crippen molar-refractivity contribution in [1.29, 1.82) is 0 Å². The molecule has 22 heavy (non-hydrogen) atoms. The average Bonchev–Trinajstić information content (AvgIpc) is 2.84. The minimum atomic E-state index is -0.517. The molecule has 0 amide bonds. The molecule has 0 spiro atoms. The zero-order valence-corrected chi connectivity index (χ0v) is 12.4. The summed E-state index contributed by atoms with van der Waals surface area (Å²) in [4.78, 5) is 27.0. The summed E-state index contributed by atoms with van der Waals surface area (Å²) in [6.07, 6.45) is 0. The number of nitro groups is 1. The predicted molar refractivity (Wildman–Crippen MR) is 84.0 cm³/mol. The van der Waals surface area contributed by atoms with Gasteiger partial charge in [0, 0.05) is 24.7 Å². The second kappa shape index (κ2) is 5.61. The Kier molecular flexibility index (Phi) is 3.64. The van der Waals surface area contributed by atoms with Crippen LogP contribution in [0.3, 0.4) is 0 Å². The van der Waals surface area contributed by atoms with Crippen molar-refractivity contribution in [2.75, 3.05) is 0 Å². The van der Waals surface area contributed by atoms with Gasteiger partial charge in [-0.2, -0.15) is 0 Å². The highest BCUT2D eigenvalue weighted by atomic mass is 32.2. The molecule has 1 heterocycles. The lowest BCUT2D eigenvalue weighted by atomic mass is 10.2. The first-order chi connectivity index (χ1) is 10.6. The molecule has 3 rings (SSSR count). The molecule has 0 N–H and O–H groups in total. The van der Waals surface area contributed by atoms with Crippen LogP contribution in [0.5, 0.6) is 0 Å². The van der Waals surface area contributed by atoms with Crippen LogP contribution in [0, 0.1) is 10.1 Å². The lowest BCUT2D eigenvalue weighted by Crippen LogP contribution is -1.98. The summed E-state index contributed by atoms with van der Waals surface area (Å²) in [6.45, 7) is 0. The van der Waals surface area contributed by atoms with E-state index in [4.69, 9.17) is 0 Å². The zero-order chi connectivity index (χ0) is 15.7. The fraction of sp³-hybridized carbons (Fsp3) is 0.0667. The first kappa shape index (κ1) is 14.3. The molecular weight excluding hydrogens is 302 g/mol. The molecule has 2 aromatic carbocycles. The van der Waals surface area contributed by atoms with Gasteiger partial charge in [-0.05, 0) is 30.0 Å². The van der Waals surface area contributed by atoms with E-state index in [0.29, 0.717) is 5.16 Å². The summed E-state index contributed by atoms with van der Waals surface area (Å²) in [7, 11) is 1.83. The number of aromatic nitrogens is 2. The van der Waals surface area contributed by atoms with Crippen LogP contribution in [0.15, 0.2) is 53.7 Å². The number of aryl methyl sites for hydroxylation is 1. The Balaban J connectivity index is 1.91. The van der Waals surface area contributed by atoms with E-state index in [-0.39, 0.29) is 16.4 Å². The van der Waals surface area contributed by atoms with Gasteiger partial charge in [-0.25, -0.2) is 4.98 Å². The number of nitrogens with zero attached hydrogens (tertiary/aromatic N) is 3. The minimum Gasteiger partial charge on any atom is -0.322 e. The van der Waals surface area contributed by atoms with E-state index in [1.54, 1.807) is 6.07 Å². The van der Waals surface area contributed by atoms with Crippen molar-refractivity contribution in [2.45, 2.75) is 5.16 Å². The Bertz CT molecular complexity index is 889. The molecule has 0 aliphatic rings. The smallest absolute Gasteiger partial charge is 0.270 e. The highest BCUT2D eigenvalue weighted by Gasteiger charge is 2.16. The van der Waals surface area contributed by atoms with Gasteiger partial charge in [0.15, 0.2) is 5.16 Å². The van der Waals surface area contributed by atoms with Crippen molar-refractivity contribution in [3.8, 4) is 0 Å². The second-order valence-corrected chi connectivity index (χ2v) is 5.58. The van der Waals surface area contributed by atoms with E-state index in [1.165, 1.54) is 18.2 Å². The summed E-state index contributed by atoms with van der Waals surface area (Å²) >= 11 is 0.960. The number of rotatable bonds is 3. The maximum atomic E-state index is 12.3. The van der Waals surface area contributed by atoms with Gasteiger partial charge >= 0.3 is 0 Å². The predicted octanol–water partition coefficient (Wildman–Crippen LogP) is 3.41. The van der Waals surface area contributed by atoms with E-state index in [1.807, 2.05) is 35.9 Å². The highest BCUT2D eigenvalue weighted by molar-refractivity contribution is 8.14. The molecule has 3 aromatic rings. The summed E-state index contributed by atoms with van der Waals surface area (Å²) in [5.41, 5.74) is 1.92. The molecule has 0 saturated carbocycles. The summed E-state index contributed by atoms with van der Waals surface area (Å²) in [5, 5.41) is 11.1. The van der Waals surface area contributed by atoms with Crippen molar-refractivity contribution in [1.82, 2.24) is 9.55 Å². The van der Waals surface area contributed by atoms with E-state index in [2.05, 4.69) is 4.98 Å². The number of imidazole rings is 1. The highest BCUT2D eigenvalue weighted by Crippen LogP contribution is 2.26. The van der Waals surface area contributed by atoms with Crippen LogP contribution < -0.4 is 0 Å². The molecular formula is C15H11N3O3S. The molecule has 0 saturated heterocycles. The van der Waals surface area contributed by atoms with Gasteiger partial charge in [0.25, 0.3) is 5.69 Å². The Morgan fingerprint density at radius 1 is 1.23 bits per heavy atom. The number of non-ortho nitro benzene ring substituents is 1. The second-order valence-electron chi connectivity index (χ2n) is 4.64. The largest absolute Gasteiger partial charge is 0.322 e. The van der Waals surface area contributed by atoms with Gasteiger partial charge in [-0.1, -0.05) is 18.2 Å². The molecule has 0 bridgehead atoms. The summed E-state index contributed by atoms with van der Waals surface area (Å²) in [5.74, 6) is 0. The Labute approximate surface area is 129 Å². The third-order valence-corrected chi connectivity index (χ3v) is 4.19. The molecule has 0 atom stereocenters. The number of hydrogen-bond acceptors (Lipinski definition) is 5. The van der Waals surface area contributed by atoms with Crippen molar-refractivity contribution in [2.24, 2.45) is 7.05 Å². The van der Waals surface area contributed by atoms with Crippen LogP contribution in [0.4, 0.5) is 5.69 Å². The number of nitro benzene ring substituents is 1. The molecule has 6 nitrogen and oxygen atoms in total. The third-order valence-electron chi connectivity index (χ3n) is 3.22. The molecule has 110 valence electrons. The van der Waals surface area contributed by atoms with Crippen molar-refractivity contribution >= 4 is 33.6 Å². The number of thioether (sulfide) groups is 1. The average molecular weight is 313 g/mol. The molecule has 0 aliphatic heterocycles. The van der Waals surface area contributed by atoms with Gasteiger partial charge in [-0.15, -0.1) is 0 Å². The van der Waals surface area contributed by atoms with E-state index in [0.717, 1.165) is 22.8 Å². The molecule has 1 aromatic heterocycles. The quantitative estimate of drug-likeness (QED) is 0.420. The van der Waals surface area contributed by atoms with Gasteiger partial charge < -0.3 is 4.57 Å². The fourth-order valence-corrected chi connectivity index (χ4v) is 2.89. The van der Waals surface area contributed by atoms with E-state index in [9.17, 15) is 14.9 Å². The van der Waals surface area contributed by atoms with Crippen LogP contribution >= 0.6 is 11.8 Å². The monoisotopic (exact) mass is 313 g/mol. The molecule has 0 unspecified atom stereocenters. The minimum absolute atomic E-state index is 0.101. The molecule has 0 radical (unpaired) electrons. The summed E-state index contributed by atoms with van der Waals surface area (Å²) in [6, 6.07) is 13.3. The SMILES string of the molecule is Cn1c(SC(=O)c2cccc([N+](=O)[O-])c2)nc2ccccc21. The van der Waals surface area contributed by atoms with Gasteiger partial charge in [0.05, 0.1) is 16.0 Å². The number of carbonyl (C=O) groups is 1. The number of para-hydroxylation sites is 2. The first-order valence-electron chi connectivity index (χ1n) is 6.44. The maximum Gasteiger partial charge on any atom is 0.270 e. The summed E-state index contributed by atoms with van der Waals surface area (Å²) < 4.78 is 1.83. The third kappa shape index (κ3) is 2.58. The number of hydrogen-bond donors (Lipinski definition) is 0. The number of fused-ring (bicyclic) bond motifs is 1. The lowest BCUT2D eigenvalue weighted by Gasteiger charge is -2.01. The van der Waals surface area contributed by atoms with Crippen molar-refractivity contribution in [3.05, 3.63) is 64.2 Å². The van der Waals surface area contributed by atoms with E-state index < -0.39 is 4.92 Å². The van der Waals surface area contributed by atoms with Crippen molar-refractivity contribution in [3.63, 3.8) is 0 Å². The maximum absolute atomic E-state index is 12.3. The van der Waals surface area contributed by atoms with Crippen molar-refractivity contribution < 1.29 is 9.72 Å². The van der Waals surface area contributed by atoms with Crippen LogP contribution in [0.1, 0.15) is 10.4 Å². The lowest BCUT2D eigenvalue weighted by molar-refractivity contribution is -0.384. The molecule has 7 heteroatoms. The van der Waals surface area contributed by atoms with Crippen LogP contribution in [0.2, 0.25) is 0 Å². The van der Waals surface area contributed by atoms with Crippen LogP contribution in [-0.4, -0.2) is 19.6 Å². The number of carbonyl (C=O) groups excluding carboxylic acids is 1. The van der Waals surface area contributed by atoms with Gasteiger partial charge in [0.1, 0.15) is 0 Å². The molecule has 0 fully saturated rings. The fourth-order valence-electron chi connectivity index (χ4n) is 2.10. The normalized spacial score (nSPS) is 10.8. The van der Waals surface area contributed by atoms with Crippen LogP contribution in [0.25, 0.3) is 11.0 Å². The first-order valence-corrected chi connectivity index (χ1v) is 7.26. The Morgan fingerprint density at radius 3 is 2.73 bits per heavy atom. The van der Waals surface area contributed by atoms with Gasteiger partial charge in [-0.3, -0.25) is 14.9 Å². The standard InChI is InChI=1S/C15H11N3O3S/c1-17-13-8-3-2-7-12(13)16-15(17)22-14(19)10-5-4-6-11(9-10)18(20)21/h2-9H,1H3. The molecule has 0 aliphatic carbocycles.